The molecular formula is C10H11NO3. The van der Waals surface area contributed by atoms with Gasteiger partial charge in [0.25, 0.3) is 5.91 Å². The van der Waals surface area contributed by atoms with Gasteiger partial charge in [-0.3, -0.25) is 4.79 Å². The van der Waals surface area contributed by atoms with Gasteiger partial charge in [0.2, 0.25) is 0 Å². The van der Waals surface area contributed by atoms with Gasteiger partial charge in [0.05, 0.1) is 5.56 Å². The molecule has 0 spiro atoms. The molecule has 1 aromatic rings. The quantitative estimate of drug-likeness (QED) is 0.722. The summed E-state index contributed by atoms with van der Waals surface area (Å²) in [4.78, 5) is 11.0. The fourth-order valence-electron chi connectivity index (χ4n) is 1.40. The highest BCUT2D eigenvalue weighted by Gasteiger charge is 2.21. The Hall–Kier alpha value is -1.71. The van der Waals surface area contributed by atoms with Crippen LogP contribution < -0.4 is 15.2 Å². The molecule has 1 atom stereocenters. The molecule has 1 heterocycles. The van der Waals surface area contributed by atoms with Crippen molar-refractivity contribution in [2.24, 2.45) is 5.73 Å². The second kappa shape index (κ2) is 3.21. The summed E-state index contributed by atoms with van der Waals surface area (Å²) >= 11 is 0. The van der Waals surface area contributed by atoms with Gasteiger partial charge in [0, 0.05) is 0 Å². The molecule has 0 aromatic heterocycles. The van der Waals surface area contributed by atoms with Crippen molar-refractivity contribution in [2.45, 2.75) is 13.0 Å². The van der Waals surface area contributed by atoms with E-state index in [1.807, 2.05) is 6.92 Å². The molecule has 0 unspecified atom stereocenters. The summed E-state index contributed by atoms with van der Waals surface area (Å²) in [5, 5.41) is 0. The molecule has 2 rings (SSSR count). The second-order valence-corrected chi connectivity index (χ2v) is 3.24. The van der Waals surface area contributed by atoms with Crippen molar-refractivity contribution in [1.82, 2.24) is 0 Å². The summed E-state index contributed by atoms with van der Waals surface area (Å²) in [7, 11) is 0. The van der Waals surface area contributed by atoms with E-state index in [-0.39, 0.29) is 6.10 Å². The van der Waals surface area contributed by atoms with Crippen molar-refractivity contribution in [3.05, 3.63) is 23.8 Å². The van der Waals surface area contributed by atoms with Crippen LogP contribution in [0.15, 0.2) is 18.2 Å². The van der Waals surface area contributed by atoms with Gasteiger partial charge in [-0.05, 0) is 19.1 Å². The van der Waals surface area contributed by atoms with Gasteiger partial charge in [-0.25, -0.2) is 0 Å². The van der Waals surface area contributed by atoms with Crippen LogP contribution in [0.5, 0.6) is 11.5 Å². The van der Waals surface area contributed by atoms with Crippen molar-refractivity contribution in [3.8, 4) is 11.5 Å². The summed E-state index contributed by atoms with van der Waals surface area (Å²) in [6.45, 7) is 2.34. The molecule has 4 heteroatoms. The molecule has 0 radical (unpaired) electrons. The molecule has 4 nitrogen and oxygen atoms in total. The summed E-state index contributed by atoms with van der Waals surface area (Å²) in [5.41, 5.74) is 5.57. The molecule has 0 aliphatic carbocycles. The van der Waals surface area contributed by atoms with Crippen LogP contribution in [0, 0.1) is 0 Å². The third kappa shape index (κ3) is 1.39. The van der Waals surface area contributed by atoms with Gasteiger partial charge in [0.1, 0.15) is 12.7 Å². The number of fused-ring (bicyclic) bond motifs is 1. The summed E-state index contributed by atoms with van der Waals surface area (Å²) in [6.07, 6.45) is 0.00521. The number of rotatable bonds is 1. The Labute approximate surface area is 81.6 Å². The number of carbonyl (C=O) groups is 1. The largest absolute Gasteiger partial charge is 0.485 e. The standard InChI is InChI=1S/C10H11NO3/c1-6-5-13-9-7(10(11)12)3-2-4-8(9)14-6/h2-4,6H,5H2,1H3,(H2,11,12)/t6-/m1/s1. The number of primary amides is 1. The normalized spacial score (nSPS) is 19.1. The fraction of sp³-hybridized carbons (Fsp3) is 0.300. The van der Waals surface area contributed by atoms with E-state index in [1.165, 1.54) is 0 Å². The second-order valence-electron chi connectivity index (χ2n) is 3.24. The average Bonchev–Trinajstić information content (AvgIpc) is 2.16. The van der Waals surface area contributed by atoms with Crippen LogP contribution in [0.1, 0.15) is 17.3 Å². The maximum absolute atomic E-state index is 11.0. The minimum Gasteiger partial charge on any atom is -0.485 e. The Morgan fingerprint density at radius 3 is 3.07 bits per heavy atom. The van der Waals surface area contributed by atoms with Crippen LogP contribution in [0.4, 0.5) is 0 Å². The van der Waals surface area contributed by atoms with Crippen molar-refractivity contribution < 1.29 is 14.3 Å². The van der Waals surface area contributed by atoms with Crippen molar-refractivity contribution >= 4 is 5.91 Å². The Kier molecular flexibility index (Phi) is 2.04. The SMILES string of the molecule is C[C@@H]1COc2c(cccc2C(N)=O)O1. The Bertz CT molecular complexity index is 376. The van der Waals surface area contributed by atoms with Crippen LogP contribution in [0.25, 0.3) is 0 Å². The molecule has 14 heavy (non-hydrogen) atoms. The molecule has 0 saturated heterocycles. The van der Waals surface area contributed by atoms with Crippen LogP contribution in [-0.4, -0.2) is 18.6 Å². The first-order valence-electron chi connectivity index (χ1n) is 4.41. The van der Waals surface area contributed by atoms with E-state index >= 15 is 0 Å². The average molecular weight is 193 g/mol. The summed E-state index contributed by atoms with van der Waals surface area (Å²) in [6, 6.07) is 5.11. The number of hydrogen-bond acceptors (Lipinski definition) is 3. The Morgan fingerprint density at radius 1 is 1.57 bits per heavy atom. The minimum absolute atomic E-state index is 0.00521. The van der Waals surface area contributed by atoms with E-state index in [0.29, 0.717) is 23.7 Å². The molecule has 0 saturated carbocycles. The molecule has 0 bridgehead atoms. The Balaban J connectivity index is 2.46. The lowest BCUT2D eigenvalue weighted by molar-refractivity contribution is 0.0934. The summed E-state index contributed by atoms with van der Waals surface area (Å²) < 4.78 is 10.9. The third-order valence-corrected chi connectivity index (χ3v) is 2.03. The predicted molar refractivity (Wildman–Crippen MR) is 50.5 cm³/mol. The number of nitrogens with two attached hydrogens (primary N) is 1. The van der Waals surface area contributed by atoms with E-state index < -0.39 is 5.91 Å². The maximum Gasteiger partial charge on any atom is 0.252 e. The fourth-order valence-corrected chi connectivity index (χ4v) is 1.40. The first-order valence-corrected chi connectivity index (χ1v) is 4.41. The highest BCUT2D eigenvalue weighted by Crippen LogP contribution is 2.34. The van der Waals surface area contributed by atoms with E-state index in [1.54, 1.807) is 18.2 Å². The number of carbonyl (C=O) groups excluding carboxylic acids is 1. The minimum atomic E-state index is -0.500. The van der Waals surface area contributed by atoms with Gasteiger partial charge >= 0.3 is 0 Å². The molecule has 1 aliphatic rings. The van der Waals surface area contributed by atoms with Crippen LogP contribution in [0.3, 0.4) is 0 Å². The Morgan fingerprint density at radius 2 is 2.36 bits per heavy atom. The first-order chi connectivity index (χ1) is 6.68. The maximum atomic E-state index is 11.0. The number of benzene rings is 1. The van der Waals surface area contributed by atoms with E-state index in [2.05, 4.69) is 0 Å². The molecular weight excluding hydrogens is 182 g/mol. The topological polar surface area (TPSA) is 61.5 Å². The molecule has 1 amide bonds. The zero-order valence-corrected chi connectivity index (χ0v) is 7.82. The van der Waals surface area contributed by atoms with Gasteiger partial charge in [-0.2, -0.15) is 0 Å². The first kappa shape index (κ1) is 8.87. The number of para-hydroxylation sites is 1. The number of amides is 1. The predicted octanol–water partition coefficient (Wildman–Crippen LogP) is 0.945. The highest BCUT2D eigenvalue weighted by molar-refractivity contribution is 5.96. The molecule has 2 N–H and O–H groups in total. The lowest BCUT2D eigenvalue weighted by Gasteiger charge is -2.24. The lowest BCUT2D eigenvalue weighted by Crippen LogP contribution is -2.27. The zero-order chi connectivity index (χ0) is 10.1. The highest BCUT2D eigenvalue weighted by atomic mass is 16.6. The summed E-state index contributed by atoms with van der Waals surface area (Å²) in [5.74, 6) is 0.540. The van der Waals surface area contributed by atoms with Crippen LogP contribution in [0.2, 0.25) is 0 Å². The van der Waals surface area contributed by atoms with E-state index in [0.717, 1.165) is 0 Å². The zero-order valence-electron chi connectivity index (χ0n) is 7.82. The van der Waals surface area contributed by atoms with Crippen LogP contribution in [-0.2, 0) is 0 Å². The van der Waals surface area contributed by atoms with Gasteiger partial charge in [0.15, 0.2) is 11.5 Å². The molecule has 74 valence electrons. The molecule has 0 fully saturated rings. The number of hydrogen-bond donors (Lipinski definition) is 1. The van der Waals surface area contributed by atoms with Crippen molar-refractivity contribution in [1.29, 1.82) is 0 Å². The van der Waals surface area contributed by atoms with Crippen LogP contribution >= 0.6 is 0 Å². The molecule has 1 aromatic carbocycles. The monoisotopic (exact) mass is 193 g/mol. The van der Waals surface area contributed by atoms with Crippen molar-refractivity contribution in [3.63, 3.8) is 0 Å². The lowest BCUT2D eigenvalue weighted by atomic mass is 10.1. The van der Waals surface area contributed by atoms with Crippen molar-refractivity contribution in [2.75, 3.05) is 6.61 Å². The smallest absolute Gasteiger partial charge is 0.252 e. The molecule has 1 aliphatic heterocycles. The third-order valence-electron chi connectivity index (χ3n) is 2.03. The van der Waals surface area contributed by atoms with Gasteiger partial charge < -0.3 is 15.2 Å². The van der Waals surface area contributed by atoms with Gasteiger partial charge in [-0.1, -0.05) is 6.07 Å². The number of ether oxygens (including phenoxy) is 2. The van der Waals surface area contributed by atoms with Gasteiger partial charge in [-0.15, -0.1) is 0 Å². The van der Waals surface area contributed by atoms with E-state index in [9.17, 15) is 4.79 Å². The van der Waals surface area contributed by atoms with E-state index in [4.69, 9.17) is 15.2 Å².